The van der Waals surface area contributed by atoms with Crippen molar-refractivity contribution in [2.24, 2.45) is 0 Å². The number of aromatic nitrogens is 2. The van der Waals surface area contributed by atoms with Crippen LogP contribution in [0.15, 0.2) is 36.7 Å². The third-order valence-corrected chi connectivity index (χ3v) is 2.52. The van der Waals surface area contributed by atoms with Crippen LogP contribution in [-0.2, 0) is 0 Å². The maximum Gasteiger partial charge on any atom is 0.274 e. The van der Waals surface area contributed by atoms with Gasteiger partial charge in [0, 0.05) is 6.07 Å². The number of nitrogens with zero attached hydrogens (tertiary/aromatic N) is 2. The van der Waals surface area contributed by atoms with Crippen LogP contribution in [0.25, 0.3) is 0 Å². The number of hydrogen-bond donors (Lipinski definition) is 1. The van der Waals surface area contributed by atoms with Gasteiger partial charge >= 0.3 is 0 Å². The topological polar surface area (TPSA) is 73.3 Å². The Hall–Kier alpha value is -2.63. The number of carbonyl (C=O) groups is 1. The molecule has 20 heavy (non-hydrogen) atoms. The molecule has 1 heterocycles. The van der Waals surface area contributed by atoms with E-state index in [0.29, 0.717) is 23.9 Å². The fraction of sp³-hybridized carbons (Fsp3) is 0.214. The Morgan fingerprint density at radius 3 is 2.85 bits per heavy atom. The van der Waals surface area contributed by atoms with Crippen LogP contribution in [0.3, 0.4) is 0 Å². The summed E-state index contributed by atoms with van der Waals surface area (Å²) in [6.45, 7) is 2.32. The van der Waals surface area contributed by atoms with Crippen molar-refractivity contribution in [3.8, 4) is 11.6 Å². The second-order valence-corrected chi connectivity index (χ2v) is 3.83. The van der Waals surface area contributed by atoms with Gasteiger partial charge < -0.3 is 14.8 Å². The van der Waals surface area contributed by atoms with E-state index in [9.17, 15) is 4.79 Å². The maximum atomic E-state index is 12.1. The quantitative estimate of drug-likeness (QED) is 0.903. The number of methoxy groups -OCH3 is 1. The van der Waals surface area contributed by atoms with E-state index < -0.39 is 0 Å². The molecule has 6 nitrogen and oxygen atoms in total. The van der Waals surface area contributed by atoms with Crippen LogP contribution in [-0.4, -0.2) is 29.6 Å². The lowest BCUT2D eigenvalue weighted by molar-refractivity contribution is 0.102. The Kier molecular flexibility index (Phi) is 4.49. The van der Waals surface area contributed by atoms with E-state index in [1.165, 1.54) is 12.4 Å². The first-order valence-corrected chi connectivity index (χ1v) is 6.13. The summed E-state index contributed by atoms with van der Waals surface area (Å²) in [7, 11) is 1.54. The summed E-state index contributed by atoms with van der Waals surface area (Å²) in [6.07, 6.45) is 1.29. The number of ether oxygens (including phenoxy) is 2. The molecule has 0 aliphatic carbocycles. The average molecular weight is 273 g/mol. The summed E-state index contributed by atoms with van der Waals surface area (Å²) in [5.74, 6) is 0.602. The van der Waals surface area contributed by atoms with Crippen LogP contribution in [0, 0.1) is 0 Å². The fourth-order valence-electron chi connectivity index (χ4n) is 1.62. The molecule has 6 heteroatoms. The van der Waals surface area contributed by atoms with Crippen LogP contribution >= 0.6 is 0 Å². The molecular weight excluding hydrogens is 258 g/mol. The molecule has 0 radical (unpaired) electrons. The number of nitrogens with one attached hydrogen (secondary N) is 1. The van der Waals surface area contributed by atoms with Gasteiger partial charge in [0.05, 0.1) is 19.4 Å². The molecule has 0 unspecified atom stereocenters. The summed E-state index contributed by atoms with van der Waals surface area (Å²) in [6, 6.07) is 8.65. The van der Waals surface area contributed by atoms with E-state index in [2.05, 4.69) is 15.3 Å². The molecule has 0 aliphatic heterocycles. The Bertz CT molecular complexity index is 602. The van der Waals surface area contributed by atoms with Gasteiger partial charge in [0.1, 0.15) is 17.8 Å². The number of anilines is 1. The van der Waals surface area contributed by atoms with Crippen LogP contribution < -0.4 is 14.8 Å². The second-order valence-electron chi connectivity index (χ2n) is 3.83. The van der Waals surface area contributed by atoms with Gasteiger partial charge in [0.2, 0.25) is 5.88 Å². The molecule has 0 bridgehead atoms. The van der Waals surface area contributed by atoms with Gasteiger partial charge in [0.15, 0.2) is 0 Å². The highest BCUT2D eigenvalue weighted by atomic mass is 16.5. The smallest absolute Gasteiger partial charge is 0.274 e. The first-order valence-electron chi connectivity index (χ1n) is 6.13. The fourth-order valence-corrected chi connectivity index (χ4v) is 1.62. The van der Waals surface area contributed by atoms with Crippen molar-refractivity contribution in [2.45, 2.75) is 6.92 Å². The number of amides is 1. The van der Waals surface area contributed by atoms with Crippen molar-refractivity contribution in [2.75, 3.05) is 19.0 Å². The van der Waals surface area contributed by atoms with E-state index >= 15 is 0 Å². The summed E-state index contributed by atoms with van der Waals surface area (Å²) < 4.78 is 10.4. The lowest BCUT2D eigenvalue weighted by atomic mass is 10.2. The van der Waals surface area contributed by atoms with Gasteiger partial charge in [0.25, 0.3) is 5.91 Å². The Labute approximate surface area is 116 Å². The second kappa shape index (κ2) is 6.51. The van der Waals surface area contributed by atoms with Gasteiger partial charge in [-0.25, -0.2) is 9.97 Å². The predicted molar refractivity (Wildman–Crippen MR) is 74.1 cm³/mol. The molecule has 2 aromatic rings. The number of benzene rings is 1. The van der Waals surface area contributed by atoms with Crippen LogP contribution in [0.4, 0.5) is 5.69 Å². The zero-order valence-electron chi connectivity index (χ0n) is 11.3. The minimum atomic E-state index is -0.349. The standard InChI is InChI=1S/C14H15N3O3/c1-3-20-13-8-11(15-9-16-13)14(18)17-10-6-4-5-7-12(10)19-2/h4-9H,3H2,1-2H3,(H,17,18). The zero-order valence-corrected chi connectivity index (χ0v) is 11.3. The normalized spacial score (nSPS) is 9.90. The molecule has 0 aliphatic rings. The molecule has 1 aromatic carbocycles. The highest BCUT2D eigenvalue weighted by Gasteiger charge is 2.11. The lowest BCUT2D eigenvalue weighted by Crippen LogP contribution is -2.14. The molecule has 0 atom stereocenters. The predicted octanol–water partition coefficient (Wildman–Crippen LogP) is 2.14. The number of rotatable bonds is 5. The summed E-state index contributed by atoms with van der Waals surface area (Å²) >= 11 is 0. The monoisotopic (exact) mass is 273 g/mol. The van der Waals surface area contributed by atoms with E-state index in [1.54, 1.807) is 19.2 Å². The summed E-state index contributed by atoms with van der Waals surface area (Å²) in [5, 5.41) is 2.74. The molecular formula is C14H15N3O3. The highest BCUT2D eigenvalue weighted by molar-refractivity contribution is 6.03. The van der Waals surface area contributed by atoms with E-state index in [-0.39, 0.29) is 11.6 Å². The largest absolute Gasteiger partial charge is 0.495 e. The molecule has 0 spiro atoms. The minimum absolute atomic E-state index is 0.231. The summed E-state index contributed by atoms with van der Waals surface area (Å²) in [5.41, 5.74) is 0.811. The van der Waals surface area contributed by atoms with Crippen molar-refractivity contribution >= 4 is 11.6 Å². The van der Waals surface area contributed by atoms with Crippen molar-refractivity contribution in [1.82, 2.24) is 9.97 Å². The zero-order chi connectivity index (χ0) is 14.4. The maximum absolute atomic E-state index is 12.1. The van der Waals surface area contributed by atoms with Crippen molar-refractivity contribution < 1.29 is 14.3 Å². The van der Waals surface area contributed by atoms with E-state index in [1.807, 2.05) is 19.1 Å². The van der Waals surface area contributed by atoms with E-state index in [4.69, 9.17) is 9.47 Å². The Balaban J connectivity index is 2.17. The molecule has 1 amide bonds. The Morgan fingerprint density at radius 1 is 1.30 bits per heavy atom. The van der Waals surface area contributed by atoms with Gasteiger partial charge in [-0.1, -0.05) is 12.1 Å². The third-order valence-electron chi connectivity index (χ3n) is 2.52. The SMILES string of the molecule is CCOc1cc(C(=O)Nc2ccccc2OC)ncn1. The first-order chi connectivity index (χ1) is 9.74. The Morgan fingerprint density at radius 2 is 2.10 bits per heavy atom. The average Bonchev–Trinajstić information content (AvgIpc) is 2.48. The first kappa shape index (κ1) is 13.8. The molecule has 0 saturated carbocycles. The third kappa shape index (κ3) is 3.23. The van der Waals surface area contributed by atoms with Crippen LogP contribution in [0.5, 0.6) is 11.6 Å². The van der Waals surface area contributed by atoms with Crippen LogP contribution in [0.1, 0.15) is 17.4 Å². The molecule has 0 saturated heterocycles. The van der Waals surface area contributed by atoms with E-state index in [0.717, 1.165) is 0 Å². The molecule has 1 N–H and O–H groups in total. The van der Waals surface area contributed by atoms with Gasteiger partial charge in [-0.05, 0) is 19.1 Å². The van der Waals surface area contributed by atoms with Gasteiger partial charge in [-0.2, -0.15) is 0 Å². The van der Waals surface area contributed by atoms with Crippen molar-refractivity contribution in [3.05, 3.63) is 42.4 Å². The summed E-state index contributed by atoms with van der Waals surface area (Å²) in [4.78, 5) is 20.0. The van der Waals surface area contributed by atoms with Crippen molar-refractivity contribution in [3.63, 3.8) is 0 Å². The molecule has 0 fully saturated rings. The van der Waals surface area contributed by atoms with Gasteiger partial charge in [-0.3, -0.25) is 4.79 Å². The van der Waals surface area contributed by atoms with Crippen LogP contribution in [0.2, 0.25) is 0 Å². The number of carbonyl (C=O) groups excluding carboxylic acids is 1. The highest BCUT2D eigenvalue weighted by Crippen LogP contribution is 2.23. The number of hydrogen-bond acceptors (Lipinski definition) is 5. The molecule has 1 aromatic heterocycles. The lowest BCUT2D eigenvalue weighted by Gasteiger charge is -2.09. The molecule has 104 valence electrons. The number of para-hydroxylation sites is 2. The minimum Gasteiger partial charge on any atom is -0.495 e. The van der Waals surface area contributed by atoms with Crippen molar-refractivity contribution in [1.29, 1.82) is 0 Å². The van der Waals surface area contributed by atoms with Gasteiger partial charge in [-0.15, -0.1) is 0 Å². The molecule has 2 rings (SSSR count).